The van der Waals surface area contributed by atoms with Crippen LogP contribution in [0.25, 0.3) is 10.2 Å². The van der Waals surface area contributed by atoms with Gasteiger partial charge in [0.2, 0.25) is 5.13 Å². The van der Waals surface area contributed by atoms with Gasteiger partial charge in [0.05, 0.1) is 73.6 Å². The second-order valence-electron chi connectivity index (χ2n) is 16.3. The summed E-state index contributed by atoms with van der Waals surface area (Å²) in [4.78, 5) is 68.2. The Morgan fingerprint density at radius 1 is 0.687 bits per heavy atom. The average Bonchev–Trinajstić information content (AvgIpc) is 3.79. The Bertz CT molecular complexity index is 2270. The SMILES string of the molecule is C=CC(=O)OCCCCCCOc1ccc(OC(=O)C2CCC(C(=O)Oc3ccc(OC(=O)C4CCC(C(=O)OC)CC4)c(/C=N/N(COCCOC)c4nc5ccccc5s4)c3)CC2)cc1. The maximum absolute atomic E-state index is 13.6. The molecule has 2 saturated carbocycles. The van der Waals surface area contributed by atoms with E-state index in [9.17, 15) is 24.0 Å². The normalized spacial score (nSPS) is 18.2. The molecule has 0 N–H and O–H groups in total. The quantitative estimate of drug-likeness (QED) is 0.0123. The Balaban J connectivity index is 1.04. The predicted molar refractivity (Wildman–Crippen MR) is 250 cm³/mol. The fraction of sp³-hybridized carbons (Fsp3) is 0.460. The summed E-state index contributed by atoms with van der Waals surface area (Å²) in [5, 5.41) is 6.88. The van der Waals surface area contributed by atoms with Gasteiger partial charge in [-0.05, 0) is 132 Å². The number of nitrogens with zero attached hydrogens (tertiary/aromatic N) is 3. The first-order valence-electron chi connectivity index (χ1n) is 22.8. The average molecular weight is 942 g/mol. The molecule has 0 aliphatic heterocycles. The number of esters is 5. The van der Waals surface area contributed by atoms with Crippen LogP contribution in [0.3, 0.4) is 0 Å². The van der Waals surface area contributed by atoms with E-state index in [1.165, 1.54) is 24.7 Å². The molecule has 16 nitrogen and oxygen atoms in total. The highest BCUT2D eigenvalue weighted by molar-refractivity contribution is 7.22. The van der Waals surface area contributed by atoms with Gasteiger partial charge in [-0.1, -0.05) is 30.0 Å². The van der Waals surface area contributed by atoms with Crippen LogP contribution in [0, 0.1) is 23.7 Å². The van der Waals surface area contributed by atoms with Gasteiger partial charge in [-0.2, -0.15) is 5.10 Å². The Hall–Kier alpha value is -6.17. The van der Waals surface area contributed by atoms with Crippen LogP contribution in [0.4, 0.5) is 5.13 Å². The number of rotatable bonds is 24. The van der Waals surface area contributed by atoms with Crippen LogP contribution >= 0.6 is 11.3 Å². The van der Waals surface area contributed by atoms with Crippen LogP contribution in [-0.4, -0.2) is 88.4 Å². The van der Waals surface area contributed by atoms with Gasteiger partial charge in [0, 0.05) is 18.7 Å². The van der Waals surface area contributed by atoms with Crippen LogP contribution in [0.15, 0.2) is 84.5 Å². The van der Waals surface area contributed by atoms with Crippen molar-refractivity contribution >= 4 is 62.7 Å². The van der Waals surface area contributed by atoms with Crippen molar-refractivity contribution in [2.24, 2.45) is 28.8 Å². The maximum atomic E-state index is 13.6. The summed E-state index contributed by atoms with van der Waals surface area (Å²) in [6.45, 7) is 5.04. The minimum absolute atomic E-state index is 0.0481. The third-order valence-electron chi connectivity index (χ3n) is 11.6. The number of carbonyl (C=O) groups excluding carboxylic acids is 5. The van der Waals surface area contributed by atoms with E-state index in [0.717, 1.165) is 42.0 Å². The summed E-state index contributed by atoms with van der Waals surface area (Å²) in [6.07, 6.45) is 9.94. The number of aromatic nitrogens is 1. The number of ether oxygens (including phenoxy) is 8. The summed E-state index contributed by atoms with van der Waals surface area (Å²) < 4.78 is 45.2. The second-order valence-corrected chi connectivity index (χ2v) is 17.3. The molecule has 0 atom stereocenters. The Kier molecular flexibility index (Phi) is 19.7. The molecule has 0 bridgehead atoms. The lowest BCUT2D eigenvalue weighted by molar-refractivity contribution is -0.149. The van der Waals surface area contributed by atoms with E-state index < -0.39 is 29.7 Å². The number of fused-ring (bicyclic) bond motifs is 1. The molecule has 67 heavy (non-hydrogen) atoms. The first-order chi connectivity index (χ1) is 32.6. The predicted octanol–water partition coefficient (Wildman–Crippen LogP) is 8.63. The fourth-order valence-electron chi connectivity index (χ4n) is 7.79. The summed E-state index contributed by atoms with van der Waals surface area (Å²) in [5.74, 6) is -1.86. The largest absolute Gasteiger partial charge is 0.494 e. The van der Waals surface area contributed by atoms with E-state index in [2.05, 4.69) is 6.58 Å². The number of carbonyl (C=O) groups is 5. The van der Waals surface area contributed by atoms with Crippen molar-refractivity contribution in [1.29, 1.82) is 0 Å². The van der Waals surface area contributed by atoms with E-state index >= 15 is 0 Å². The van der Waals surface area contributed by atoms with E-state index in [4.69, 9.17) is 48.0 Å². The van der Waals surface area contributed by atoms with E-state index in [1.807, 2.05) is 24.3 Å². The monoisotopic (exact) mass is 941 g/mol. The van der Waals surface area contributed by atoms with E-state index in [1.54, 1.807) is 54.6 Å². The van der Waals surface area contributed by atoms with Gasteiger partial charge in [-0.15, -0.1) is 0 Å². The molecule has 0 spiro atoms. The molecule has 0 amide bonds. The smallest absolute Gasteiger partial charge is 0.330 e. The fourth-order valence-corrected chi connectivity index (χ4v) is 8.70. The van der Waals surface area contributed by atoms with Gasteiger partial charge in [0.1, 0.15) is 29.7 Å². The van der Waals surface area contributed by atoms with Crippen LogP contribution < -0.4 is 24.0 Å². The topological polar surface area (TPSA) is 188 Å². The number of hydrogen-bond donors (Lipinski definition) is 0. The number of para-hydroxylation sites is 1. The first kappa shape index (κ1) is 50.2. The van der Waals surface area contributed by atoms with E-state index in [0.29, 0.717) is 100.0 Å². The van der Waals surface area contributed by atoms with Gasteiger partial charge in [-0.25, -0.2) is 14.8 Å². The second kappa shape index (κ2) is 26.2. The Morgan fingerprint density at radius 3 is 1.90 bits per heavy atom. The Morgan fingerprint density at radius 2 is 1.27 bits per heavy atom. The standard InChI is InChI=1S/C50H59N3O13S/c1-4-45(54)63-28-10-6-5-9-27-62-39-21-23-40(24-22-39)64-47(56)35-17-19-36(20-18-35)48(57)65-41-25-26-43(66-49(58)37-15-13-34(14-16-37)46(55)60-3)38(31-41)32-51-53(33-61-30-29-59-2)50-52-42-11-7-8-12-44(42)67-50/h4,7-8,11-12,21-26,31-32,34-37H,1,5-6,9-10,13-20,27-30,33H2,2-3H3/b51-32+. The summed E-state index contributed by atoms with van der Waals surface area (Å²) >= 11 is 1.44. The first-order valence-corrected chi connectivity index (χ1v) is 23.6. The molecule has 6 rings (SSSR count). The van der Waals surface area contributed by atoms with Crippen molar-refractivity contribution in [3.05, 3.63) is 84.9 Å². The molecule has 1 heterocycles. The van der Waals surface area contributed by atoms with Crippen LogP contribution in [0.1, 0.15) is 82.6 Å². The van der Waals surface area contributed by atoms with Crippen LogP contribution in [0.2, 0.25) is 0 Å². The molecular weight excluding hydrogens is 883 g/mol. The van der Waals surface area contributed by atoms with Gasteiger partial charge in [0.15, 0.2) is 0 Å². The number of hydrogen-bond acceptors (Lipinski definition) is 17. The molecular formula is C50H59N3O13S. The van der Waals surface area contributed by atoms with Crippen molar-refractivity contribution in [2.45, 2.75) is 77.0 Å². The molecule has 4 aromatic rings. The summed E-state index contributed by atoms with van der Waals surface area (Å²) in [5.41, 5.74) is 1.17. The molecule has 2 aliphatic rings. The van der Waals surface area contributed by atoms with Gasteiger partial charge in [0.25, 0.3) is 0 Å². The van der Waals surface area contributed by atoms with Crippen molar-refractivity contribution in [2.75, 3.05) is 52.4 Å². The minimum Gasteiger partial charge on any atom is -0.494 e. The van der Waals surface area contributed by atoms with Gasteiger partial charge < -0.3 is 37.9 Å². The molecule has 3 aromatic carbocycles. The van der Waals surface area contributed by atoms with Crippen molar-refractivity contribution in [1.82, 2.24) is 4.98 Å². The third kappa shape index (κ3) is 15.4. The lowest BCUT2D eigenvalue weighted by Crippen LogP contribution is -2.30. The molecule has 0 unspecified atom stereocenters. The Labute approximate surface area is 394 Å². The van der Waals surface area contributed by atoms with Crippen molar-refractivity contribution in [3.8, 4) is 23.0 Å². The zero-order chi connectivity index (χ0) is 47.4. The summed E-state index contributed by atoms with van der Waals surface area (Å²) in [6, 6.07) is 19.4. The van der Waals surface area contributed by atoms with E-state index in [-0.39, 0.29) is 42.0 Å². The van der Waals surface area contributed by atoms with Crippen LogP contribution in [-0.2, 0) is 42.9 Å². The highest BCUT2D eigenvalue weighted by Gasteiger charge is 2.34. The summed E-state index contributed by atoms with van der Waals surface area (Å²) in [7, 11) is 2.95. The number of anilines is 1. The molecule has 17 heteroatoms. The van der Waals surface area contributed by atoms with Gasteiger partial charge in [-0.3, -0.25) is 19.2 Å². The molecule has 0 radical (unpaired) electrons. The molecule has 2 aliphatic carbocycles. The zero-order valence-corrected chi connectivity index (χ0v) is 38.9. The van der Waals surface area contributed by atoms with Gasteiger partial charge >= 0.3 is 29.8 Å². The minimum atomic E-state index is -0.441. The lowest BCUT2D eigenvalue weighted by atomic mass is 9.82. The number of thiazole rings is 1. The number of benzene rings is 3. The highest BCUT2D eigenvalue weighted by Crippen LogP contribution is 2.35. The molecule has 2 fully saturated rings. The zero-order valence-electron chi connectivity index (χ0n) is 38.1. The number of hydrazone groups is 1. The number of unbranched alkanes of at least 4 members (excludes halogenated alkanes) is 3. The highest BCUT2D eigenvalue weighted by atomic mass is 32.1. The maximum Gasteiger partial charge on any atom is 0.330 e. The molecule has 358 valence electrons. The molecule has 1 aromatic heterocycles. The number of methoxy groups -OCH3 is 2. The van der Waals surface area contributed by atoms with Crippen LogP contribution in [0.5, 0.6) is 23.0 Å². The van der Waals surface area contributed by atoms with Crippen molar-refractivity contribution in [3.63, 3.8) is 0 Å². The lowest BCUT2D eigenvalue weighted by Gasteiger charge is -2.26. The van der Waals surface area contributed by atoms with Crippen molar-refractivity contribution < 1.29 is 61.9 Å². The third-order valence-corrected chi connectivity index (χ3v) is 12.7. The molecule has 0 saturated heterocycles.